The maximum atomic E-state index is 5.65. The number of ether oxygens (including phenoxy) is 1. The van der Waals surface area contributed by atoms with Crippen molar-refractivity contribution in [2.24, 2.45) is 0 Å². The molecule has 0 bridgehead atoms. The molecule has 0 aliphatic carbocycles. The van der Waals surface area contributed by atoms with Gasteiger partial charge in [-0.05, 0) is 25.5 Å². The molecule has 0 aliphatic rings. The average molecular weight is 245 g/mol. The first-order valence-electron chi connectivity index (χ1n) is 5.76. The summed E-state index contributed by atoms with van der Waals surface area (Å²) in [5.41, 5.74) is 7.39. The van der Waals surface area contributed by atoms with E-state index in [2.05, 4.69) is 19.9 Å². The lowest BCUT2D eigenvalue weighted by Gasteiger charge is -2.06. The molecule has 0 spiro atoms. The summed E-state index contributed by atoms with van der Waals surface area (Å²) in [5.74, 6) is 0.652. The highest BCUT2D eigenvalue weighted by Crippen LogP contribution is 2.17. The second-order valence-corrected chi connectivity index (χ2v) is 3.83. The van der Waals surface area contributed by atoms with Crippen molar-refractivity contribution in [3.8, 4) is 17.4 Å². The maximum absolute atomic E-state index is 5.65. The monoisotopic (exact) mass is 245 g/mol. The van der Waals surface area contributed by atoms with Crippen molar-refractivity contribution in [2.75, 3.05) is 12.3 Å². The van der Waals surface area contributed by atoms with Crippen LogP contribution in [0, 0.1) is 6.92 Å². The van der Waals surface area contributed by atoms with Gasteiger partial charge in [-0.3, -0.25) is 4.98 Å². The predicted molar refractivity (Wildman–Crippen MR) is 68.0 cm³/mol. The first kappa shape index (κ1) is 12.2. The number of nitrogen functional groups attached to an aromatic ring is 1. The van der Waals surface area contributed by atoms with Crippen LogP contribution >= 0.6 is 0 Å². The molecule has 0 aromatic carbocycles. The Balaban J connectivity index is 2.35. The molecule has 2 heterocycles. The van der Waals surface area contributed by atoms with Gasteiger partial charge >= 0.3 is 6.01 Å². The zero-order valence-corrected chi connectivity index (χ0v) is 10.4. The molecule has 0 atom stereocenters. The Labute approximate surface area is 105 Å². The van der Waals surface area contributed by atoms with E-state index < -0.39 is 0 Å². The van der Waals surface area contributed by atoms with Crippen LogP contribution in [0.25, 0.3) is 11.4 Å². The first-order chi connectivity index (χ1) is 8.69. The van der Waals surface area contributed by atoms with E-state index >= 15 is 0 Å². The summed E-state index contributed by atoms with van der Waals surface area (Å²) in [5, 5.41) is 0. The summed E-state index contributed by atoms with van der Waals surface area (Å²) in [4.78, 5) is 16.4. The highest BCUT2D eigenvalue weighted by molar-refractivity contribution is 5.56. The van der Waals surface area contributed by atoms with E-state index in [0.29, 0.717) is 12.4 Å². The minimum Gasteiger partial charge on any atom is -0.463 e. The van der Waals surface area contributed by atoms with E-state index in [9.17, 15) is 0 Å². The van der Waals surface area contributed by atoms with Crippen LogP contribution < -0.4 is 10.5 Å². The third kappa shape index (κ3) is 2.91. The SMILES string of the molecule is CCCOc1nc(N)nc(-c2ccnc(C)c2)n1. The van der Waals surface area contributed by atoms with E-state index in [0.717, 1.165) is 17.7 Å². The molecular formula is C12H15N5O. The van der Waals surface area contributed by atoms with Gasteiger partial charge in [-0.25, -0.2) is 0 Å². The molecule has 0 fully saturated rings. The van der Waals surface area contributed by atoms with E-state index in [4.69, 9.17) is 10.5 Å². The molecule has 0 saturated carbocycles. The highest BCUT2D eigenvalue weighted by atomic mass is 16.5. The number of pyridine rings is 1. The van der Waals surface area contributed by atoms with Gasteiger partial charge in [0.2, 0.25) is 5.95 Å². The molecule has 94 valence electrons. The van der Waals surface area contributed by atoms with Crippen LogP contribution in [0.5, 0.6) is 6.01 Å². The summed E-state index contributed by atoms with van der Waals surface area (Å²) in [6.07, 6.45) is 2.59. The molecule has 0 saturated heterocycles. The molecule has 6 heteroatoms. The number of anilines is 1. The molecule has 0 radical (unpaired) electrons. The van der Waals surface area contributed by atoms with Crippen molar-refractivity contribution in [1.82, 2.24) is 19.9 Å². The van der Waals surface area contributed by atoms with Crippen LogP contribution in [0.15, 0.2) is 18.3 Å². The Bertz CT molecular complexity index is 544. The zero-order valence-electron chi connectivity index (χ0n) is 10.4. The number of aryl methyl sites for hydroxylation is 1. The molecule has 2 rings (SSSR count). The minimum atomic E-state index is 0.153. The zero-order chi connectivity index (χ0) is 13.0. The lowest BCUT2D eigenvalue weighted by atomic mass is 10.2. The van der Waals surface area contributed by atoms with Crippen molar-refractivity contribution in [2.45, 2.75) is 20.3 Å². The number of nitrogens with two attached hydrogens (primary N) is 1. The van der Waals surface area contributed by atoms with Crippen LogP contribution in [0.4, 0.5) is 5.95 Å². The van der Waals surface area contributed by atoms with Gasteiger partial charge in [-0.15, -0.1) is 0 Å². The Morgan fingerprint density at radius 2 is 2.11 bits per heavy atom. The molecule has 2 aromatic heterocycles. The molecule has 0 aliphatic heterocycles. The molecular weight excluding hydrogens is 230 g/mol. The standard InChI is InChI=1S/C12H15N5O/c1-3-6-18-12-16-10(15-11(13)17-12)9-4-5-14-8(2)7-9/h4-5,7H,3,6H2,1-2H3,(H2,13,15,16,17). The van der Waals surface area contributed by atoms with E-state index in [1.54, 1.807) is 6.20 Å². The van der Waals surface area contributed by atoms with Gasteiger partial charge in [-0.1, -0.05) is 6.92 Å². The quantitative estimate of drug-likeness (QED) is 0.880. The lowest BCUT2D eigenvalue weighted by molar-refractivity contribution is 0.292. The van der Waals surface area contributed by atoms with Gasteiger partial charge in [0.25, 0.3) is 0 Å². The molecule has 6 nitrogen and oxygen atoms in total. The van der Waals surface area contributed by atoms with Crippen LogP contribution in [0.3, 0.4) is 0 Å². The number of hydrogen-bond donors (Lipinski definition) is 1. The average Bonchev–Trinajstić information content (AvgIpc) is 2.36. The van der Waals surface area contributed by atoms with Crippen LogP contribution in [0.2, 0.25) is 0 Å². The van der Waals surface area contributed by atoms with E-state index in [1.165, 1.54) is 0 Å². The number of aromatic nitrogens is 4. The Morgan fingerprint density at radius 3 is 2.83 bits per heavy atom. The van der Waals surface area contributed by atoms with Gasteiger partial charge in [0.15, 0.2) is 5.82 Å². The van der Waals surface area contributed by atoms with Gasteiger partial charge in [-0.2, -0.15) is 15.0 Å². The first-order valence-corrected chi connectivity index (χ1v) is 5.76. The summed E-state index contributed by atoms with van der Waals surface area (Å²) in [6, 6.07) is 3.97. The second-order valence-electron chi connectivity index (χ2n) is 3.83. The van der Waals surface area contributed by atoms with Gasteiger partial charge in [0.05, 0.1) is 6.61 Å². The second kappa shape index (κ2) is 5.39. The highest BCUT2D eigenvalue weighted by Gasteiger charge is 2.07. The maximum Gasteiger partial charge on any atom is 0.321 e. The topological polar surface area (TPSA) is 86.8 Å². The number of rotatable bonds is 4. The molecule has 2 aromatic rings. The van der Waals surface area contributed by atoms with E-state index in [1.807, 2.05) is 26.0 Å². The van der Waals surface area contributed by atoms with Crippen molar-refractivity contribution >= 4 is 5.95 Å². The Morgan fingerprint density at radius 1 is 1.28 bits per heavy atom. The van der Waals surface area contributed by atoms with Crippen LogP contribution in [-0.4, -0.2) is 26.5 Å². The predicted octanol–water partition coefficient (Wildman–Crippen LogP) is 1.61. The summed E-state index contributed by atoms with van der Waals surface area (Å²) in [6.45, 7) is 4.47. The largest absolute Gasteiger partial charge is 0.463 e. The lowest BCUT2D eigenvalue weighted by Crippen LogP contribution is -2.05. The molecule has 0 unspecified atom stereocenters. The number of nitrogens with zero attached hydrogens (tertiary/aromatic N) is 4. The normalized spacial score (nSPS) is 10.3. The fourth-order valence-electron chi connectivity index (χ4n) is 1.44. The fraction of sp³-hybridized carbons (Fsp3) is 0.333. The third-order valence-corrected chi connectivity index (χ3v) is 2.22. The molecule has 0 amide bonds. The fourth-order valence-corrected chi connectivity index (χ4v) is 1.44. The smallest absolute Gasteiger partial charge is 0.321 e. The summed E-state index contributed by atoms with van der Waals surface area (Å²) >= 11 is 0. The Kier molecular flexibility index (Phi) is 3.66. The molecule has 18 heavy (non-hydrogen) atoms. The van der Waals surface area contributed by atoms with Crippen molar-refractivity contribution < 1.29 is 4.74 Å². The van der Waals surface area contributed by atoms with Crippen molar-refractivity contribution in [1.29, 1.82) is 0 Å². The Hall–Kier alpha value is -2.24. The number of hydrogen-bond acceptors (Lipinski definition) is 6. The van der Waals surface area contributed by atoms with Crippen molar-refractivity contribution in [3.63, 3.8) is 0 Å². The van der Waals surface area contributed by atoms with Crippen LogP contribution in [-0.2, 0) is 0 Å². The van der Waals surface area contributed by atoms with Crippen molar-refractivity contribution in [3.05, 3.63) is 24.0 Å². The van der Waals surface area contributed by atoms with Gasteiger partial charge in [0.1, 0.15) is 0 Å². The summed E-state index contributed by atoms with van der Waals surface area (Å²) in [7, 11) is 0. The van der Waals surface area contributed by atoms with Gasteiger partial charge in [0, 0.05) is 17.5 Å². The minimum absolute atomic E-state index is 0.153. The third-order valence-electron chi connectivity index (χ3n) is 2.22. The van der Waals surface area contributed by atoms with E-state index in [-0.39, 0.29) is 12.0 Å². The summed E-state index contributed by atoms with van der Waals surface area (Å²) < 4.78 is 5.37. The van der Waals surface area contributed by atoms with Gasteiger partial charge < -0.3 is 10.5 Å². The molecule has 2 N–H and O–H groups in total. The van der Waals surface area contributed by atoms with Crippen LogP contribution in [0.1, 0.15) is 19.0 Å².